The van der Waals surface area contributed by atoms with E-state index >= 15 is 0 Å². The smallest absolute Gasteiger partial charge is 0.238 e. The Bertz CT molecular complexity index is 688. The number of thioether (sulfide) groups is 1. The van der Waals surface area contributed by atoms with Crippen molar-refractivity contribution in [1.82, 2.24) is 10.2 Å². The monoisotopic (exact) mass is 316 g/mol. The summed E-state index contributed by atoms with van der Waals surface area (Å²) in [5.41, 5.74) is 0.949. The number of aromatic nitrogens is 2. The minimum atomic E-state index is -0.408. The SMILES string of the molecule is ClC(c1ccccc1)c1nnc(CSc2ccccc2)o1. The Labute approximate surface area is 132 Å². The highest BCUT2D eigenvalue weighted by molar-refractivity contribution is 7.98. The van der Waals surface area contributed by atoms with Gasteiger partial charge >= 0.3 is 0 Å². The molecule has 0 N–H and O–H groups in total. The predicted molar refractivity (Wildman–Crippen MR) is 84.4 cm³/mol. The molecule has 1 aromatic heterocycles. The van der Waals surface area contributed by atoms with Crippen LogP contribution in [0.25, 0.3) is 0 Å². The molecule has 0 amide bonds. The van der Waals surface area contributed by atoms with Gasteiger partial charge in [-0.15, -0.1) is 33.6 Å². The van der Waals surface area contributed by atoms with Crippen LogP contribution in [0.5, 0.6) is 0 Å². The van der Waals surface area contributed by atoms with E-state index in [0.29, 0.717) is 17.5 Å². The first-order valence-corrected chi connectivity index (χ1v) is 7.94. The molecule has 0 bridgehead atoms. The van der Waals surface area contributed by atoms with Gasteiger partial charge in [-0.2, -0.15) is 0 Å². The maximum Gasteiger partial charge on any atom is 0.238 e. The van der Waals surface area contributed by atoms with E-state index in [2.05, 4.69) is 22.3 Å². The van der Waals surface area contributed by atoms with Crippen LogP contribution in [0.3, 0.4) is 0 Å². The maximum absolute atomic E-state index is 6.36. The van der Waals surface area contributed by atoms with E-state index in [-0.39, 0.29) is 0 Å². The first kappa shape index (κ1) is 14.2. The second-order valence-electron chi connectivity index (χ2n) is 4.41. The third-order valence-electron chi connectivity index (χ3n) is 2.90. The number of alkyl halides is 1. The van der Waals surface area contributed by atoms with Gasteiger partial charge in [0.25, 0.3) is 0 Å². The van der Waals surface area contributed by atoms with E-state index in [1.54, 1.807) is 11.8 Å². The van der Waals surface area contributed by atoms with Crippen molar-refractivity contribution in [3.8, 4) is 0 Å². The average Bonchev–Trinajstić information content (AvgIpc) is 3.03. The number of nitrogens with zero attached hydrogens (tertiary/aromatic N) is 2. The Morgan fingerprint density at radius 2 is 1.62 bits per heavy atom. The molecule has 3 aromatic rings. The number of rotatable bonds is 5. The fraction of sp³-hybridized carbons (Fsp3) is 0.125. The van der Waals surface area contributed by atoms with E-state index in [4.69, 9.17) is 16.0 Å². The van der Waals surface area contributed by atoms with Crippen LogP contribution in [0, 0.1) is 0 Å². The molecule has 0 saturated heterocycles. The lowest BCUT2D eigenvalue weighted by atomic mass is 10.1. The Morgan fingerprint density at radius 3 is 2.33 bits per heavy atom. The molecule has 5 heteroatoms. The molecule has 3 rings (SSSR count). The zero-order valence-electron chi connectivity index (χ0n) is 11.1. The Balaban J connectivity index is 1.66. The Kier molecular flexibility index (Phi) is 4.58. The molecule has 0 saturated carbocycles. The van der Waals surface area contributed by atoms with Crippen molar-refractivity contribution in [1.29, 1.82) is 0 Å². The summed E-state index contributed by atoms with van der Waals surface area (Å²) in [5.74, 6) is 1.65. The van der Waals surface area contributed by atoms with Crippen molar-refractivity contribution in [3.05, 3.63) is 78.0 Å². The van der Waals surface area contributed by atoms with Gasteiger partial charge < -0.3 is 4.42 Å². The fourth-order valence-electron chi connectivity index (χ4n) is 1.85. The third-order valence-corrected chi connectivity index (χ3v) is 4.33. The van der Waals surface area contributed by atoms with Gasteiger partial charge in [0, 0.05) is 4.90 Å². The van der Waals surface area contributed by atoms with Gasteiger partial charge in [-0.3, -0.25) is 0 Å². The predicted octanol–water partition coefficient (Wildman–Crippen LogP) is 4.69. The van der Waals surface area contributed by atoms with Crippen molar-refractivity contribution < 1.29 is 4.42 Å². The summed E-state index contributed by atoms with van der Waals surface area (Å²) in [6.45, 7) is 0. The third kappa shape index (κ3) is 3.65. The highest BCUT2D eigenvalue weighted by Gasteiger charge is 2.17. The molecule has 0 aliphatic rings. The van der Waals surface area contributed by atoms with Crippen LogP contribution in [0.2, 0.25) is 0 Å². The second-order valence-corrected chi connectivity index (χ2v) is 5.89. The minimum absolute atomic E-state index is 0.408. The summed E-state index contributed by atoms with van der Waals surface area (Å²) in [6, 6.07) is 19.8. The standard InChI is InChI=1S/C16H13ClN2OS/c17-15(12-7-3-1-4-8-12)16-19-18-14(20-16)11-21-13-9-5-2-6-10-13/h1-10,15H,11H2. The lowest BCUT2D eigenvalue weighted by Gasteiger charge is -2.03. The van der Waals surface area contributed by atoms with Gasteiger partial charge in [0.05, 0.1) is 5.75 Å². The molecule has 1 unspecified atom stereocenters. The number of benzene rings is 2. The molecule has 0 radical (unpaired) electrons. The summed E-state index contributed by atoms with van der Waals surface area (Å²) in [5, 5.41) is 7.69. The van der Waals surface area contributed by atoms with Gasteiger partial charge in [-0.05, 0) is 17.7 Å². The summed E-state index contributed by atoms with van der Waals surface area (Å²) >= 11 is 8.01. The molecule has 0 aliphatic carbocycles. The van der Waals surface area contributed by atoms with Gasteiger partial charge in [0.1, 0.15) is 5.38 Å². The largest absolute Gasteiger partial charge is 0.422 e. The number of hydrogen-bond donors (Lipinski definition) is 0. The van der Waals surface area contributed by atoms with Crippen molar-refractivity contribution in [2.45, 2.75) is 16.0 Å². The average molecular weight is 317 g/mol. The molecule has 3 nitrogen and oxygen atoms in total. The van der Waals surface area contributed by atoms with E-state index < -0.39 is 5.38 Å². The van der Waals surface area contributed by atoms with Crippen molar-refractivity contribution in [2.75, 3.05) is 0 Å². The molecular formula is C16H13ClN2OS. The van der Waals surface area contributed by atoms with Gasteiger partial charge in [-0.25, -0.2) is 0 Å². The van der Waals surface area contributed by atoms with Gasteiger partial charge in [0.15, 0.2) is 0 Å². The first-order valence-electron chi connectivity index (χ1n) is 6.52. The molecule has 106 valence electrons. The summed E-state index contributed by atoms with van der Waals surface area (Å²) in [4.78, 5) is 1.17. The van der Waals surface area contributed by atoms with E-state index in [1.807, 2.05) is 48.5 Å². The van der Waals surface area contributed by atoms with Crippen LogP contribution in [0.4, 0.5) is 0 Å². The highest BCUT2D eigenvalue weighted by Crippen LogP contribution is 2.29. The number of halogens is 1. The summed E-state index contributed by atoms with van der Waals surface area (Å²) < 4.78 is 5.65. The second kappa shape index (κ2) is 6.78. The Hall–Kier alpha value is -1.78. The molecule has 0 aliphatic heterocycles. The normalized spacial score (nSPS) is 12.2. The quantitative estimate of drug-likeness (QED) is 0.505. The van der Waals surface area contributed by atoms with E-state index in [9.17, 15) is 0 Å². The first-order chi connectivity index (χ1) is 10.3. The van der Waals surface area contributed by atoms with Crippen molar-refractivity contribution in [2.24, 2.45) is 0 Å². The molecule has 0 fully saturated rings. The highest BCUT2D eigenvalue weighted by atomic mass is 35.5. The van der Waals surface area contributed by atoms with Crippen LogP contribution in [0.15, 0.2) is 70.0 Å². The zero-order valence-corrected chi connectivity index (χ0v) is 12.7. The molecule has 1 heterocycles. The van der Waals surface area contributed by atoms with Crippen LogP contribution >= 0.6 is 23.4 Å². The van der Waals surface area contributed by atoms with E-state index in [0.717, 1.165) is 5.56 Å². The van der Waals surface area contributed by atoms with Crippen LogP contribution < -0.4 is 0 Å². The fourth-order valence-corrected chi connectivity index (χ4v) is 2.84. The minimum Gasteiger partial charge on any atom is -0.422 e. The molecule has 2 aromatic carbocycles. The van der Waals surface area contributed by atoms with Crippen LogP contribution in [0.1, 0.15) is 22.7 Å². The summed E-state index contributed by atoms with van der Waals surface area (Å²) in [6.07, 6.45) is 0. The van der Waals surface area contributed by atoms with Crippen LogP contribution in [-0.4, -0.2) is 10.2 Å². The maximum atomic E-state index is 6.36. The lowest BCUT2D eigenvalue weighted by molar-refractivity contribution is 0.470. The Morgan fingerprint density at radius 1 is 0.952 bits per heavy atom. The van der Waals surface area contributed by atoms with Crippen molar-refractivity contribution in [3.63, 3.8) is 0 Å². The molecule has 1 atom stereocenters. The molecule has 21 heavy (non-hydrogen) atoms. The molecule has 0 spiro atoms. The summed E-state index contributed by atoms with van der Waals surface area (Å²) in [7, 11) is 0. The number of hydrogen-bond acceptors (Lipinski definition) is 4. The van der Waals surface area contributed by atoms with Crippen molar-refractivity contribution >= 4 is 23.4 Å². The van der Waals surface area contributed by atoms with E-state index in [1.165, 1.54) is 4.90 Å². The van der Waals surface area contributed by atoms with Gasteiger partial charge in [-0.1, -0.05) is 48.5 Å². The zero-order chi connectivity index (χ0) is 14.5. The molecular weight excluding hydrogens is 304 g/mol. The topological polar surface area (TPSA) is 38.9 Å². The lowest BCUT2D eigenvalue weighted by Crippen LogP contribution is -1.92. The van der Waals surface area contributed by atoms with Gasteiger partial charge in [0.2, 0.25) is 11.8 Å². The van der Waals surface area contributed by atoms with Crippen LogP contribution in [-0.2, 0) is 5.75 Å².